The molecule has 5 nitrogen and oxygen atoms in total. The summed E-state index contributed by atoms with van der Waals surface area (Å²) in [7, 11) is 0. The Bertz CT molecular complexity index is 923. The molecule has 28 heavy (non-hydrogen) atoms. The first-order chi connectivity index (χ1) is 13.7. The zero-order valence-corrected chi connectivity index (χ0v) is 15.6. The van der Waals surface area contributed by atoms with Gasteiger partial charge in [0.1, 0.15) is 5.82 Å². The molecular weight excluding hydrogens is 355 g/mol. The second kappa shape index (κ2) is 8.33. The molecule has 0 radical (unpaired) electrons. The lowest BCUT2D eigenvalue weighted by Gasteiger charge is -2.33. The number of piperidine rings is 1. The van der Waals surface area contributed by atoms with Gasteiger partial charge in [-0.2, -0.15) is 5.10 Å². The number of H-pyrrole nitrogens is 1. The van der Waals surface area contributed by atoms with Gasteiger partial charge in [0.05, 0.1) is 6.20 Å². The molecule has 6 heteroatoms. The molecule has 3 aromatic rings. The number of rotatable bonds is 5. The van der Waals surface area contributed by atoms with Crippen LogP contribution in [0, 0.1) is 5.82 Å². The van der Waals surface area contributed by atoms with Gasteiger partial charge in [-0.1, -0.05) is 18.2 Å². The van der Waals surface area contributed by atoms with Crippen LogP contribution in [0.3, 0.4) is 0 Å². The Balaban J connectivity index is 1.43. The Labute approximate surface area is 163 Å². The van der Waals surface area contributed by atoms with Crippen molar-refractivity contribution in [3.63, 3.8) is 0 Å². The molecule has 1 aliphatic heterocycles. The van der Waals surface area contributed by atoms with Gasteiger partial charge in [-0.05, 0) is 48.6 Å². The normalized spacial score (nSPS) is 16.9. The van der Waals surface area contributed by atoms with E-state index in [0.29, 0.717) is 19.4 Å². The number of pyridine rings is 1. The molecule has 4 rings (SSSR count). The zero-order valence-electron chi connectivity index (χ0n) is 15.6. The van der Waals surface area contributed by atoms with E-state index in [2.05, 4.69) is 15.2 Å². The lowest BCUT2D eigenvalue weighted by Crippen LogP contribution is -2.39. The highest BCUT2D eigenvalue weighted by Crippen LogP contribution is 2.33. The van der Waals surface area contributed by atoms with Gasteiger partial charge in [0.2, 0.25) is 5.91 Å². The molecule has 1 aliphatic rings. The third-order valence-electron chi connectivity index (χ3n) is 5.36. The van der Waals surface area contributed by atoms with Crippen LogP contribution >= 0.6 is 0 Å². The van der Waals surface area contributed by atoms with E-state index in [1.807, 2.05) is 23.2 Å². The predicted molar refractivity (Wildman–Crippen MR) is 105 cm³/mol. The fourth-order valence-corrected chi connectivity index (χ4v) is 3.86. The van der Waals surface area contributed by atoms with Gasteiger partial charge >= 0.3 is 0 Å². The second-order valence-electron chi connectivity index (χ2n) is 7.24. The maximum atomic E-state index is 13.2. The van der Waals surface area contributed by atoms with Crippen LogP contribution in [0.5, 0.6) is 0 Å². The molecule has 0 spiro atoms. The Kier molecular flexibility index (Phi) is 5.46. The number of nitrogens with zero attached hydrogens (tertiary/aromatic N) is 3. The third-order valence-corrected chi connectivity index (χ3v) is 5.36. The van der Waals surface area contributed by atoms with Crippen molar-refractivity contribution in [1.29, 1.82) is 0 Å². The van der Waals surface area contributed by atoms with E-state index < -0.39 is 0 Å². The van der Waals surface area contributed by atoms with Gasteiger partial charge in [0.25, 0.3) is 0 Å². The van der Waals surface area contributed by atoms with Crippen LogP contribution in [0.4, 0.5) is 4.39 Å². The van der Waals surface area contributed by atoms with E-state index in [1.165, 1.54) is 12.1 Å². The minimum Gasteiger partial charge on any atom is -0.342 e. The summed E-state index contributed by atoms with van der Waals surface area (Å²) in [6.45, 7) is 1.48. The van der Waals surface area contributed by atoms with Gasteiger partial charge in [0.15, 0.2) is 0 Å². The minimum atomic E-state index is -0.253. The molecule has 0 unspecified atom stereocenters. The number of amides is 1. The first-order valence-electron chi connectivity index (χ1n) is 9.66. The number of carbonyl (C=O) groups excluding carboxylic acids is 1. The lowest BCUT2D eigenvalue weighted by atomic mass is 9.90. The monoisotopic (exact) mass is 378 g/mol. The number of benzene rings is 1. The summed E-state index contributed by atoms with van der Waals surface area (Å²) in [5.41, 5.74) is 4.02. The van der Waals surface area contributed by atoms with Crippen LogP contribution in [-0.4, -0.2) is 39.1 Å². The highest BCUT2D eigenvalue weighted by Gasteiger charge is 2.27. The maximum Gasteiger partial charge on any atom is 0.222 e. The number of halogens is 1. The number of likely N-dealkylation sites (tertiary alicyclic amines) is 1. The number of hydrogen-bond donors (Lipinski definition) is 1. The lowest BCUT2D eigenvalue weighted by molar-refractivity contribution is -0.132. The molecule has 0 bridgehead atoms. The first-order valence-corrected chi connectivity index (χ1v) is 9.66. The number of aromatic amines is 1. The van der Waals surface area contributed by atoms with Gasteiger partial charge in [0, 0.05) is 49.1 Å². The Morgan fingerprint density at radius 1 is 1.21 bits per heavy atom. The Hall–Kier alpha value is -3.02. The van der Waals surface area contributed by atoms with Crippen molar-refractivity contribution >= 4 is 5.91 Å². The topological polar surface area (TPSA) is 61.9 Å². The maximum absolute atomic E-state index is 13.2. The van der Waals surface area contributed by atoms with E-state index in [4.69, 9.17) is 0 Å². The van der Waals surface area contributed by atoms with Crippen molar-refractivity contribution in [2.75, 3.05) is 13.1 Å². The van der Waals surface area contributed by atoms with Crippen LogP contribution in [0.25, 0.3) is 11.1 Å². The van der Waals surface area contributed by atoms with Gasteiger partial charge < -0.3 is 4.90 Å². The molecule has 1 atom stereocenters. The van der Waals surface area contributed by atoms with E-state index in [1.54, 1.807) is 24.5 Å². The van der Waals surface area contributed by atoms with Gasteiger partial charge in [-0.15, -0.1) is 0 Å². The fourth-order valence-electron chi connectivity index (χ4n) is 3.86. The molecule has 1 saturated heterocycles. The molecular formula is C22H23FN4O. The summed E-state index contributed by atoms with van der Waals surface area (Å²) in [6.07, 6.45) is 8.50. The minimum absolute atomic E-state index is 0.177. The standard InChI is InChI=1S/C22H23FN4O/c23-19-8-6-17(7-9-19)20-14-25-26-22(20)18-4-2-12-27(15-18)21(28)10-5-16-3-1-11-24-13-16/h1,3,6-9,11,13-14,18H,2,4-5,10,12,15H2,(H,25,26)/t18-/m0/s1. The fraction of sp³-hybridized carbons (Fsp3) is 0.318. The first kappa shape index (κ1) is 18.3. The summed E-state index contributed by atoms with van der Waals surface area (Å²) >= 11 is 0. The third kappa shape index (κ3) is 4.11. The summed E-state index contributed by atoms with van der Waals surface area (Å²) in [5.74, 6) is 0.131. The molecule has 3 heterocycles. The van der Waals surface area contributed by atoms with Crippen molar-refractivity contribution in [3.05, 3.63) is 72.1 Å². The summed E-state index contributed by atoms with van der Waals surface area (Å²) in [5, 5.41) is 7.33. The van der Waals surface area contributed by atoms with Crippen molar-refractivity contribution in [2.45, 2.75) is 31.6 Å². The average Bonchev–Trinajstić information content (AvgIpc) is 3.23. The van der Waals surface area contributed by atoms with Crippen LogP contribution < -0.4 is 0 Å². The zero-order chi connectivity index (χ0) is 19.3. The largest absolute Gasteiger partial charge is 0.342 e. The predicted octanol–water partition coefficient (Wildman–Crippen LogP) is 3.95. The second-order valence-corrected chi connectivity index (χ2v) is 7.24. The quantitative estimate of drug-likeness (QED) is 0.731. The smallest absolute Gasteiger partial charge is 0.222 e. The molecule has 1 fully saturated rings. The Morgan fingerprint density at radius 3 is 2.86 bits per heavy atom. The van der Waals surface area contributed by atoms with Crippen molar-refractivity contribution < 1.29 is 9.18 Å². The summed E-state index contributed by atoms with van der Waals surface area (Å²) in [4.78, 5) is 18.8. The van der Waals surface area contributed by atoms with Crippen molar-refractivity contribution in [1.82, 2.24) is 20.1 Å². The van der Waals surface area contributed by atoms with Crippen LogP contribution in [0.1, 0.15) is 36.4 Å². The van der Waals surface area contributed by atoms with Crippen LogP contribution in [0.2, 0.25) is 0 Å². The number of hydrogen-bond acceptors (Lipinski definition) is 3. The number of aryl methyl sites for hydroxylation is 1. The molecule has 1 amide bonds. The Morgan fingerprint density at radius 2 is 2.07 bits per heavy atom. The number of carbonyl (C=O) groups is 1. The van der Waals surface area contributed by atoms with Crippen molar-refractivity contribution in [2.24, 2.45) is 0 Å². The van der Waals surface area contributed by atoms with E-state index in [-0.39, 0.29) is 17.6 Å². The van der Waals surface area contributed by atoms with Crippen molar-refractivity contribution in [3.8, 4) is 11.1 Å². The SMILES string of the molecule is O=C(CCc1cccnc1)N1CCC[C@H](c2[nH]ncc2-c2ccc(F)cc2)C1. The van der Waals surface area contributed by atoms with E-state index in [9.17, 15) is 9.18 Å². The number of aromatic nitrogens is 3. The highest BCUT2D eigenvalue weighted by molar-refractivity contribution is 5.76. The summed E-state index contributed by atoms with van der Waals surface area (Å²) in [6, 6.07) is 10.3. The van der Waals surface area contributed by atoms with Gasteiger partial charge in [-0.25, -0.2) is 4.39 Å². The molecule has 1 N–H and O–H groups in total. The number of nitrogens with one attached hydrogen (secondary N) is 1. The molecule has 1 aromatic carbocycles. The molecule has 144 valence electrons. The highest BCUT2D eigenvalue weighted by atomic mass is 19.1. The van der Waals surface area contributed by atoms with Crippen LogP contribution in [-0.2, 0) is 11.2 Å². The van der Waals surface area contributed by atoms with Crippen LogP contribution in [0.15, 0.2) is 55.0 Å². The van der Waals surface area contributed by atoms with Gasteiger partial charge in [-0.3, -0.25) is 14.9 Å². The molecule has 0 saturated carbocycles. The van der Waals surface area contributed by atoms with E-state index in [0.717, 1.165) is 41.8 Å². The summed E-state index contributed by atoms with van der Waals surface area (Å²) < 4.78 is 13.2. The van der Waals surface area contributed by atoms with E-state index >= 15 is 0 Å². The molecule has 2 aromatic heterocycles. The molecule has 0 aliphatic carbocycles. The average molecular weight is 378 g/mol.